The summed E-state index contributed by atoms with van der Waals surface area (Å²) in [7, 11) is 0. The number of ether oxygens (including phenoxy) is 2. The van der Waals surface area contributed by atoms with E-state index in [9.17, 15) is 9.59 Å². The second-order valence-corrected chi connectivity index (χ2v) is 2.48. The fraction of sp³-hybridized carbons (Fsp3) is 0.750. The minimum atomic E-state index is -1.60. The van der Waals surface area contributed by atoms with Crippen LogP contribution in [0.5, 0.6) is 0 Å². The molecule has 2 N–H and O–H groups in total. The van der Waals surface area contributed by atoms with E-state index < -0.39 is 24.5 Å². The molecular weight excluding hydrogens is 192 g/mol. The van der Waals surface area contributed by atoms with Gasteiger partial charge in [-0.25, -0.2) is 4.79 Å². The zero-order chi connectivity index (χ0) is 11.0. The molecule has 14 heavy (non-hydrogen) atoms. The van der Waals surface area contributed by atoms with Crippen LogP contribution in [0.2, 0.25) is 0 Å². The summed E-state index contributed by atoms with van der Waals surface area (Å²) in [6, 6.07) is 0. The lowest BCUT2D eigenvalue weighted by molar-refractivity contribution is -0.159. The lowest BCUT2D eigenvalue weighted by atomic mass is 10.2. The fourth-order valence-corrected chi connectivity index (χ4v) is 0.690. The number of rotatable bonds is 7. The van der Waals surface area contributed by atoms with E-state index in [0.717, 1.165) is 0 Å². The number of aliphatic hydroxyl groups is 1. The van der Waals surface area contributed by atoms with E-state index in [0.29, 0.717) is 6.61 Å². The Labute approximate surface area is 81.4 Å². The molecule has 1 unspecified atom stereocenters. The lowest BCUT2D eigenvalue weighted by Crippen LogP contribution is -2.27. The van der Waals surface area contributed by atoms with Crippen LogP contribution < -0.4 is 0 Å². The van der Waals surface area contributed by atoms with Crippen LogP contribution in [0.4, 0.5) is 0 Å². The van der Waals surface area contributed by atoms with Crippen molar-refractivity contribution < 1.29 is 29.3 Å². The molecule has 0 aromatic rings. The van der Waals surface area contributed by atoms with Gasteiger partial charge in [0, 0.05) is 6.61 Å². The van der Waals surface area contributed by atoms with Gasteiger partial charge < -0.3 is 19.7 Å². The third-order valence-electron chi connectivity index (χ3n) is 1.32. The van der Waals surface area contributed by atoms with Gasteiger partial charge in [-0.05, 0) is 6.92 Å². The Morgan fingerprint density at radius 3 is 2.50 bits per heavy atom. The molecule has 0 aliphatic rings. The van der Waals surface area contributed by atoms with Gasteiger partial charge in [0.25, 0.3) is 0 Å². The van der Waals surface area contributed by atoms with Crippen molar-refractivity contribution in [3.8, 4) is 0 Å². The molecule has 0 spiro atoms. The summed E-state index contributed by atoms with van der Waals surface area (Å²) < 4.78 is 9.40. The topological polar surface area (TPSA) is 93.1 Å². The van der Waals surface area contributed by atoms with E-state index in [1.807, 2.05) is 0 Å². The average Bonchev–Trinajstić information content (AvgIpc) is 2.11. The van der Waals surface area contributed by atoms with Crippen LogP contribution in [0.3, 0.4) is 0 Å². The number of aliphatic hydroxyl groups excluding tert-OH is 1. The molecule has 6 heteroatoms. The van der Waals surface area contributed by atoms with Crippen LogP contribution in [-0.2, 0) is 19.1 Å². The number of carboxylic acid groups (broad SMARTS) is 1. The van der Waals surface area contributed by atoms with Crippen LogP contribution in [0.15, 0.2) is 0 Å². The Kier molecular flexibility index (Phi) is 6.69. The monoisotopic (exact) mass is 206 g/mol. The normalized spacial score (nSPS) is 12.1. The molecule has 0 amide bonds. The van der Waals surface area contributed by atoms with E-state index in [1.165, 1.54) is 0 Å². The summed E-state index contributed by atoms with van der Waals surface area (Å²) in [5, 5.41) is 17.2. The second-order valence-electron chi connectivity index (χ2n) is 2.48. The minimum Gasteiger partial charge on any atom is -0.481 e. The molecule has 1 atom stereocenters. The van der Waals surface area contributed by atoms with Gasteiger partial charge in [0.15, 0.2) is 6.10 Å². The van der Waals surface area contributed by atoms with Gasteiger partial charge in [-0.1, -0.05) is 0 Å². The van der Waals surface area contributed by atoms with Crippen molar-refractivity contribution >= 4 is 11.9 Å². The van der Waals surface area contributed by atoms with Crippen molar-refractivity contribution in [3.05, 3.63) is 0 Å². The molecule has 0 aliphatic heterocycles. The Balaban J connectivity index is 3.57. The maximum absolute atomic E-state index is 10.9. The molecule has 0 fully saturated rings. The standard InChI is InChI=1S/C8H14O6/c1-2-13-3-4-14-8(12)6(9)5-7(10)11/h6,9H,2-5H2,1H3,(H,10,11). The molecule has 0 aliphatic carbocycles. The Bertz CT molecular complexity index is 190. The molecule has 6 nitrogen and oxygen atoms in total. The van der Waals surface area contributed by atoms with Gasteiger partial charge in [-0.15, -0.1) is 0 Å². The largest absolute Gasteiger partial charge is 0.481 e. The third-order valence-corrected chi connectivity index (χ3v) is 1.32. The highest BCUT2D eigenvalue weighted by Crippen LogP contribution is 1.95. The van der Waals surface area contributed by atoms with Crippen molar-refractivity contribution in [1.82, 2.24) is 0 Å². The van der Waals surface area contributed by atoms with Crippen molar-refractivity contribution in [2.45, 2.75) is 19.4 Å². The van der Waals surface area contributed by atoms with Gasteiger partial charge in [0.1, 0.15) is 6.61 Å². The number of aliphatic carboxylic acids is 1. The summed E-state index contributed by atoms with van der Waals surface area (Å²) in [4.78, 5) is 20.9. The maximum Gasteiger partial charge on any atom is 0.335 e. The van der Waals surface area contributed by atoms with Gasteiger partial charge >= 0.3 is 11.9 Å². The summed E-state index contributed by atoms with van der Waals surface area (Å²) in [5.74, 6) is -2.19. The zero-order valence-electron chi connectivity index (χ0n) is 7.93. The quantitative estimate of drug-likeness (QED) is 0.427. The van der Waals surface area contributed by atoms with Gasteiger partial charge in [0.05, 0.1) is 13.0 Å². The summed E-state index contributed by atoms with van der Waals surface area (Å²) in [5.41, 5.74) is 0. The first kappa shape index (κ1) is 12.9. The van der Waals surface area contributed by atoms with Gasteiger partial charge in [-0.3, -0.25) is 4.79 Å². The third kappa shape index (κ3) is 6.38. The molecule has 0 aromatic carbocycles. The van der Waals surface area contributed by atoms with E-state index >= 15 is 0 Å². The molecule has 0 heterocycles. The van der Waals surface area contributed by atoms with Gasteiger partial charge in [-0.2, -0.15) is 0 Å². The summed E-state index contributed by atoms with van der Waals surface area (Å²) >= 11 is 0. The Hall–Kier alpha value is -1.14. The number of carbonyl (C=O) groups is 2. The van der Waals surface area contributed by atoms with Gasteiger partial charge in [0.2, 0.25) is 0 Å². The van der Waals surface area contributed by atoms with Crippen molar-refractivity contribution in [2.24, 2.45) is 0 Å². The average molecular weight is 206 g/mol. The molecule has 0 aromatic heterocycles. The second kappa shape index (κ2) is 7.28. The lowest BCUT2D eigenvalue weighted by Gasteiger charge is -2.08. The Morgan fingerprint density at radius 2 is 2.00 bits per heavy atom. The highest BCUT2D eigenvalue weighted by molar-refractivity contribution is 5.80. The molecule has 0 radical (unpaired) electrons. The first-order valence-corrected chi connectivity index (χ1v) is 4.22. The number of hydrogen-bond acceptors (Lipinski definition) is 5. The predicted molar refractivity (Wildman–Crippen MR) is 45.7 cm³/mol. The van der Waals surface area contributed by atoms with Crippen LogP contribution in [0.25, 0.3) is 0 Å². The van der Waals surface area contributed by atoms with Crippen LogP contribution >= 0.6 is 0 Å². The number of carboxylic acids is 1. The van der Waals surface area contributed by atoms with Crippen LogP contribution in [-0.4, -0.2) is 48.1 Å². The molecule has 0 saturated carbocycles. The molecule has 0 rings (SSSR count). The maximum atomic E-state index is 10.9. The van der Waals surface area contributed by atoms with Crippen LogP contribution in [0, 0.1) is 0 Å². The zero-order valence-corrected chi connectivity index (χ0v) is 7.93. The van der Waals surface area contributed by atoms with Crippen molar-refractivity contribution in [1.29, 1.82) is 0 Å². The van der Waals surface area contributed by atoms with Crippen molar-refractivity contribution in [2.75, 3.05) is 19.8 Å². The number of hydrogen-bond donors (Lipinski definition) is 2. The molecule has 0 saturated heterocycles. The summed E-state index contributed by atoms with van der Waals surface area (Å²) in [6.07, 6.45) is -2.25. The SMILES string of the molecule is CCOCCOC(=O)C(O)CC(=O)O. The van der Waals surface area contributed by atoms with E-state index in [1.54, 1.807) is 6.92 Å². The van der Waals surface area contributed by atoms with E-state index in [-0.39, 0.29) is 13.2 Å². The predicted octanol–water partition coefficient (Wildman–Crippen LogP) is -0.598. The number of esters is 1. The highest BCUT2D eigenvalue weighted by atomic mass is 16.6. The van der Waals surface area contributed by atoms with Crippen molar-refractivity contribution in [3.63, 3.8) is 0 Å². The first-order chi connectivity index (χ1) is 6.57. The first-order valence-electron chi connectivity index (χ1n) is 4.22. The minimum absolute atomic E-state index is 0.0172. The molecular formula is C8H14O6. The Morgan fingerprint density at radius 1 is 1.36 bits per heavy atom. The fourth-order valence-electron chi connectivity index (χ4n) is 0.690. The number of carbonyl (C=O) groups excluding carboxylic acids is 1. The molecule has 0 bridgehead atoms. The van der Waals surface area contributed by atoms with E-state index in [2.05, 4.69) is 4.74 Å². The highest BCUT2D eigenvalue weighted by Gasteiger charge is 2.19. The molecule has 82 valence electrons. The summed E-state index contributed by atoms with van der Waals surface area (Å²) in [6.45, 7) is 2.56. The smallest absolute Gasteiger partial charge is 0.335 e. The van der Waals surface area contributed by atoms with Crippen LogP contribution in [0.1, 0.15) is 13.3 Å². The van der Waals surface area contributed by atoms with E-state index in [4.69, 9.17) is 14.9 Å².